The molecule has 1 aromatic carbocycles. The average molecular weight is 275 g/mol. The summed E-state index contributed by atoms with van der Waals surface area (Å²) in [6, 6.07) is 5.88. The topological polar surface area (TPSA) is 66.4 Å². The summed E-state index contributed by atoms with van der Waals surface area (Å²) in [6.45, 7) is 2.04. The molecule has 4 nitrogen and oxygen atoms in total. The van der Waals surface area contributed by atoms with Crippen LogP contribution in [0.4, 0.5) is 0 Å². The normalized spacial score (nSPS) is 15.2. The molecule has 0 aliphatic heterocycles. The Labute approximate surface area is 119 Å². The Kier molecular flexibility index (Phi) is 4.77. The zero-order chi connectivity index (χ0) is 14.5. The number of aliphatic carboxylic acids is 1. The molecule has 0 spiro atoms. The van der Waals surface area contributed by atoms with Gasteiger partial charge in [-0.2, -0.15) is 0 Å². The lowest BCUT2D eigenvalue weighted by Gasteiger charge is -2.16. The number of benzene rings is 1. The maximum Gasteiger partial charge on any atom is 0.306 e. The molecule has 0 aromatic heterocycles. The van der Waals surface area contributed by atoms with Crippen LogP contribution in [0.2, 0.25) is 0 Å². The Bertz CT molecular complexity index is 510. The molecule has 0 saturated heterocycles. The standard InChI is InChI=1S/C16H21NO3/c1-11(16(19)20)8-9-17-15(18)14-7-6-12-4-2-3-5-13(12)10-14/h6-7,10-11H,2-5,8-9H2,1H3,(H,17,18)(H,19,20). The van der Waals surface area contributed by atoms with Crippen LogP contribution in [0.1, 0.15) is 47.7 Å². The minimum absolute atomic E-state index is 0.115. The van der Waals surface area contributed by atoms with E-state index < -0.39 is 11.9 Å². The molecule has 108 valence electrons. The van der Waals surface area contributed by atoms with E-state index in [1.54, 1.807) is 6.92 Å². The third kappa shape index (κ3) is 3.59. The van der Waals surface area contributed by atoms with E-state index in [9.17, 15) is 9.59 Å². The first-order valence-electron chi connectivity index (χ1n) is 7.20. The van der Waals surface area contributed by atoms with Gasteiger partial charge in [0.2, 0.25) is 0 Å². The van der Waals surface area contributed by atoms with Crippen molar-refractivity contribution in [2.45, 2.75) is 39.0 Å². The molecule has 0 heterocycles. The highest BCUT2D eigenvalue weighted by atomic mass is 16.4. The Morgan fingerprint density at radius 1 is 1.25 bits per heavy atom. The van der Waals surface area contributed by atoms with Gasteiger partial charge in [-0.1, -0.05) is 13.0 Å². The fraction of sp³-hybridized carbons (Fsp3) is 0.500. The number of carboxylic acid groups (broad SMARTS) is 1. The van der Waals surface area contributed by atoms with Crippen molar-refractivity contribution in [3.63, 3.8) is 0 Å². The van der Waals surface area contributed by atoms with Gasteiger partial charge in [0.15, 0.2) is 0 Å². The number of carbonyl (C=O) groups excluding carboxylic acids is 1. The SMILES string of the molecule is CC(CCNC(=O)c1ccc2c(c1)CCCC2)C(=O)O. The van der Waals surface area contributed by atoms with Crippen molar-refractivity contribution in [2.24, 2.45) is 5.92 Å². The molecule has 1 atom stereocenters. The molecule has 0 fully saturated rings. The van der Waals surface area contributed by atoms with E-state index in [1.807, 2.05) is 18.2 Å². The Morgan fingerprint density at radius 3 is 2.65 bits per heavy atom. The summed E-state index contributed by atoms with van der Waals surface area (Å²) in [7, 11) is 0. The molecule has 1 aromatic rings. The van der Waals surface area contributed by atoms with Crippen molar-refractivity contribution in [2.75, 3.05) is 6.54 Å². The molecule has 2 rings (SSSR count). The smallest absolute Gasteiger partial charge is 0.306 e. The second-order valence-corrected chi connectivity index (χ2v) is 5.47. The van der Waals surface area contributed by atoms with Crippen LogP contribution in [-0.4, -0.2) is 23.5 Å². The summed E-state index contributed by atoms with van der Waals surface area (Å²) in [5, 5.41) is 11.6. The first-order chi connectivity index (χ1) is 9.58. The van der Waals surface area contributed by atoms with Gasteiger partial charge in [-0.15, -0.1) is 0 Å². The Hall–Kier alpha value is -1.84. The first kappa shape index (κ1) is 14.6. The summed E-state index contributed by atoms with van der Waals surface area (Å²) in [5.74, 6) is -1.37. The van der Waals surface area contributed by atoms with Crippen LogP contribution in [0, 0.1) is 5.92 Å². The summed E-state index contributed by atoms with van der Waals surface area (Å²) < 4.78 is 0. The largest absolute Gasteiger partial charge is 0.481 e. The predicted octanol–water partition coefficient (Wildman–Crippen LogP) is 2.41. The van der Waals surface area contributed by atoms with Gasteiger partial charge >= 0.3 is 5.97 Å². The number of rotatable bonds is 5. The lowest BCUT2D eigenvalue weighted by atomic mass is 9.90. The maximum atomic E-state index is 12.0. The van der Waals surface area contributed by atoms with Gasteiger partial charge in [-0.25, -0.2) is 0 Å². The number of amides is 1. The lowest BCUT2D eigenvalue weighted by Crippen LogP contribution is -2.27. The second-order valence-electron chi connectivity index (χ2n) is 5.47. The molecule has 0 saturated carbocycles. The number of hydrogen-bond acceptors (Lipinski definition) is 2. The van der Waals surface area contributed by atoms with Crippen molar-refractivity contribution in [3.8, 4) is 0 Å². The number of hydrogen-bond donors (Lipinski definition) is 2. The van der Waals surface area contributed by atoms with Crippen LogP contribution in [0.25, 0.3) is 0 Å². The molecular weight excluding hydrogens is 254 g/mol. The highest BCUT2D eigenvalue weighted by Crippen LogP contribution is 2.22. The zero-order valence-electron chi connectivity index (χ0n) is 11.8. The first-order valence-corrected chi connectivity index (χ1v) is 7.20. The van der Waals surface area contributed by atoms with Crippen LogP contribution in [0.15, 0.2) is 18.2 Å². The molecule has 1 amide bonds. The van der Waals surface area contributed by atoms with Crippen molar-refractivity contribution in [3.05, 3.63) is 34.9 Å². The van der Waals surface area contributed by atoms with Crippen molar-refractivity contribution in [1.82, 2.24) is 5.32 Å². The number of carbonyl (C=O) groups is 2. The van der Waals surface area contributed by atoms with E-state index in [0.717, 1.165) is 12.8 Å². The van der Waals surface area contributed by atoms with E-state index in [2.05, 4.69) is 5.32 Å². The number of aryl methyl sites for hydroxylation is 2. The fourth-order valence-electron chi connectivity index (χ4n) is 2.50. The van der Waals surface area contributed by atoms with E-state index >= 15 is 0 Å². The fourth-order valence-corrected chi connectivity index (χ4v) is 2.50. The molecular formula is C16H21NO3. The van der Waals surface area contributed by atoms with Gasteiger partial charge in [0, 0.05) is 12.1 Å². The summed E-state index contributed by atoms with van der Waals surface area (Å²) in [5.41, 5.74) is 3.31. The highest BCUT2D eigenvalue weighted by molar-refractivity contribution is 5.94. The predicted molar refractivity (Wildman–Crippen MR) is 76.8 cm³/mol. The number of nitrogens with one attached hydrogen (secondary N) is 1. The molecule has 1 aliphatic rings. The van der Waals surface area contributed by atoms with Gasteiger partial charge in [0.25, 0.3) is 5.91 Å². The highest BCUT2D eigenvalue weighted by Gasteiger charge is 2.14. The van der Waals surface area contributed by atoms with Crippen LogP contribution in [0.3, 0.4) is 0 Å². The van der Waals surface area contributed by atoms with E-state index in [-0.39, 0.29) is 5.91 Å². The molecule has 1 aliphatic carbocycles. The maximum absolute atomic E-state index is 12.0. The third-order valence-electron chi connectivity index (χ3n) is 3.90. The van der Waals surface area contributed by atoms with Crippen LogP contribution in [0.5, 0.6) is 0 Å². The van der Waals surface area contributed by atoms with Crippen molar-refractivity contribution < 1.29 is 14.7 Å². The van der Waals surface area contributed by atoms with Crippen LogP contribution < -0.4 is 5.32 Å². The van der Waals surface area contributed by atoms with Gasteiger partial charge in [-0.05, 0) is 55.4 Å². The van der Waals surface area contributed by atoms with Gasteiger partial charge in [-0.3, -0.25) is 9.59 Å². The lowest BCUT2D eigenvalue weighted by molar-refractivity contribution is -0.141. The average Bonchev–Trinajstić information content (AvgIpc) is 2.46. The molecule has 4 heteroatoms. The number of fused-ring (bicyclic) bond motifs is 1. The number of carboxylic acids is 1. The minimum Gasteiger partial charge on any atom is -0.481 e. The van der Waals surface area contributed by atoms with Crippen molar-refractivity contribution in [1.29, 1.82) is 0 Å². The molecule has 2 N–H and O–H groups in total. The second kappa shape index (κ2) is 6.55. The van der Waals surface area contributed by atoms with E-state index in [4.69, 9.17) is 5.11 Å². The summed E-state index contributed by atoms with van der Waals surface area (Å²) >= 11 is 0. The molecule has 20 heavy (non-hydrogen) atoms. The van der Waals surface area contributed by atoms with Gasteiger partial charge in [0.05, 0.1) is 5.92 Å². The van der Waals surface area contributed by atoms with Crippen LogP contribution >= 0.6 is 0 Å². The minimum atomic E-state index is -0.826. The van der Waals surface area contributed by atoms with E-state index in [0.29, 0.717) is 18.5 Å². The van der Waals surface area contributed by atoms with E-state index in [1.165, 1.54) is 24.0 Å². The monoisotopic (exact) mass is 275 g/mol. The third-order valence-corrected chi connectivity index (χ3v) is 3.90. The molecule has 0 bridgehead atoms. The quantitative estimate of drug-likeness (QED) is 0.867. The summed E-state index contributed by atoms with van der Waals surface area (Å²) in [6.07, 6.45) is 5.02. The molecule has 0 radical (unpaired) electrons. The van der Waals surface area contributed by atoms with Crippen LogP contribution in [-0.2, 0) is 17.6 Å². The van der Waals surface area contributed by atoms with Gasteiger partial charge in [0.1, 0.15) is 0 Å². The molecule has 1 unspecified atom stereocenters. The van der Waals surface area contributed by atoms with Gasteiger partial charge < -0.3 is 10.4 Å². The van der Waals surface area contributed by atoms with Crippen molar-refractivity contribution >= 4 is 11.9 Å². The zero-order valence-corrected chi connectivity index (χ0v) is 11.8. The Balaban J connectivity index is 1.91. The Morgan fingerprint density at radius 2 is 1.95 bits per heavy atom. The summed E-state index contributed by atoms with van der Waals surface area (Å²) in [4.78, 5) is 22.7.